The molecule has 1 heterocycles. The van der Waals surface area contributed by atoms with Crippen molar-refractivity contribution in [3.05, 3.63) is 34.9 Å². The Hall–Kier alpha value is -0.770. The second-order valence-electron chi connectivity index (χ2n) is 2.98. The molecule has 0 saturated carbocycles. The average molecular weight is 230 g/mol. The van der Waals surface area contributed by atoms with Gasteiger partial charge in [0.05, 0.1) is 18.3 Å². The van der Waals surface area contributed by atoms with Gasteiger partial charge in [0.15, 0.2) is 0 Å². The molecule has 0 aromatic heterocycles. The maximum atomic E-state index is 5.79. The highest BCUT2D eigenvalue weighted by atomic mass is 35.5. The second kappa shape index (κ2) is 4.17. The minimum Gasteiger partial charge on any atom is -0.239 e. The summed E-state index contributed by atoms with van der Waals surface area (Å²) >= 11 is 11.4. The van der Waals surface area contributed by atoms with Crippen molar-refractivity contribution in [1.29, 1.82) is 0 Å². The fraction of sp³-hybridized carbons (Fsp3) is 0.222. The monoisotopic (exact) mass is 229 g/mol. The van der Waals surface area contributed by atoms with Gasteiger partial charge in [-0.05, 0) is 17.7 Å². The summed E-state index contributed by atoms with van der Waals surface area (Å²) in [6.45, 7) is 0.713. The number of nitrogens with zero attached hydrogens (tertiary/aromatic N) is 2. The van der Waals surface area contributed by atoms with E-state index in [1.165, 1.54) is 0 Å². The molecule has 0 unspecified atom stereocenters. The zero-order valence-corrected chi connectivity index (χ0v) is 8.89. The number of nitrogens with one attached hydrogen (secondary N) is 1. The van der Waals surface area contributed by atoms with Gasteiger partial charge in [-0.2, -0.15) is 10.1 Å². The molecule has 0 atom stereocenters. The third-order valence-electron chi connectivity index (χ3n) is 1.99. The van der Waals surface area contributed by atoms with Crippen molar-refractivity contribution in [3.63, 3.8) is 0 Å². The number of hydrazone groups is 1. The lowest BCUT2D eigenvalue weighted by Gasteiger charge is -2.08. The standard InChI is InChI=1S/C9H9Cl2N3/c10-6-14-5-9(12-13-14)7-1-3-8(11)4-2-7/h1-4,13H,5-6H2. The van der Waals surface area contributed by atoms with Crippen molar-refractivity contribution in [3.8, 4) is 0 Å². The van der Waals surface area contributed by atoms with Crippen LogP contribution in [-0.2, 0) is 0 Å². The third kappa shape index (κ3) is 2.00. The number of rotatable bonds is 2. The van der Waals surface area contributed by atoms with Crippen LogP contribution in [0.2, 0.25) is 5.02 Å². The molecule has 0 fully saturated rings. The first kappa shape index (κ1) is 9.77. The Morgan fingerprint density at radius 1 is 1.36 bits per heavy atom. The van der Waals surface area contributed by atoms with Gasteiger partial charge in [-0.15, -0.1) is 11.6 Å². The van der Waals surface area contributed by atoms with Crippen molar-refractivity contribution < 1.29 is 0 Å². The molecule has 74 valence electrons. The lowest BCUT2D eigenvalue weighted by atomic mass is 10.1. The molecule has 1 aliphatic heterocycles. The van der Waals surface area contributed by atoms with Gasteiger partial charge in [-0.25, -0.2) is 5.53 Å². The summed E-state index contributed by atoms with van der Waals surface area (Å²) in [6, 6.07) is 8.01. The molecule has 0 aliphatic carbocycles. The summed E-state index contributed by atoms with van der Waals surface area (Å²) in [4.78, 5) is 0. The third-order valence-corrected chi connectivity index (χ3v) is 2.53. The van der Waals surface area contributed by atoms with Crippen molar-refractivity contribution in [2.45, 2.75) is 0 Å². The van der Waals surface area contributed by atoms with Crippen molar-refractivity contribution >= 4 is 28.9 Å². The van der Waals surface area contributed by atoms with Gasteiger partial charge in [0.1, 0.15) is 0 Å². The van der Waals surface area contributed by atoms with Gasteiger partial charge >= 0.3 is 0 Å². The second-order valence-corrected chi connectivity index (χ2v) is 3.66. The zero-order valence-electron chi connectivity index (χ0n) is 7.37. The smallest absolute Gasteiger partial charge is 0.0942 e. The predicted octanol–water partition coefficient (Wildman–Crippen LogP) is 2.06. The fourth-order valence-electron chi connectivity index (χ4n) is 1.25. The lowest BCUT2D eigenvalue weighted by molar-refractivity contribution is 0.286. The highest BCUT2D eigenvalue weighted by molar-refractivity contribution is 6.30. The summed E-state index contributed by atoms with van der Waals surface area (Å²) in [5.41, 5.74) is 4.86. The van der Waals surface area contributed by atoms with E-state index in [9.17, 15) is 0 Å². The van der Waals surface area contributed by atoms with E-state index in [0.717, 1.165) is 16.3 Å². The molecule has 2 rings (SSSR count). The topological polar surface area (TPSA) is 27.6 Å². The number of hydrogen-bond acceptors (Lipinski definition) is 3. The zero-order chi connectivity index (χ0) is 9.97. The van der Waals surface area contributed by atoms with Crippen molar-refractivity contribution in [2.24, 2.45) is 5.10 Å². The van der Waals surface area contributed by atoms with Gasteiger partial charge in [0, 0.05) is 5.02 Å². The van der Waals surface area contributed by atoms with E-state index in [1.807, 2.05) is 29.3 Å². The number of benzene rings is 1. The predicted molar refractivity (Wildman–Crippen MR) is 58.6 cm³/mol. The van der Waals surface area contributed by atoms with E-state index in [-0.39, 0.29) is 0 Å². The van der Waals surface area contributed by atoms with Gasteiger partial charge < -0.3 is 0 Å². The summed E-state index contributed by atoms with van der Waals surface area (Å²) in [5.74, 6) is 0. The Labute approximate surface area is 92.3 Å². The summed E-state index contributed by atoms with van der Waals surface area (Å²) in [5, 5.41) is 6.69. The van der Waals surface area contributed by atoms with Crippen LogP contribution in [0, 0.1) is 0 Å². The normalized spacial score (nSPS) is 16.6. The molecule has 14 heavy (non-hydrogen) atoms. The van der Waals surface area contributed by atoms with Crippen LogP contribution < -0.4 is 5.53 Å². The molecule has 1 N–H and O–H groups in total. The number of halogens is 2. The lowest BCUT2D eigenvalue weighted by Crippen LogP contribution is -2.29. The molecule has 1 aromatic carbocycles. The fourth-order valence-corrected chi connectivity index (χ4v) is 1.51. The van der Waals surface area contributed by atoms with Crippen molar-refractivity contribution in [2.75, 3.05) is 12.5 Å². The molecule has 0 amide bonds. The largest absolute Gasteiger partial charge is 0.239 e. The van der Waals surface area contributed by atoms with Gasteiger partial charge in [-0.1, -0.05) is 23.7 Å². The Morgan fingerprint density at radius 2 is 2.07 bits per heavy atom. The molecule has 1 aliphatic rings. The molecule has 0 radical (unpaired) electrons. The molecule has 0 saturated heterocycles. The average Bonchev–Trinajstić information content (AvgIpc) is 2.67. The Morgan fingerprint density at radius 3 is 2.64 bits per heavy atom. The van der Waals surface area contributed by atoms with E-state index < -0.39 is 0 Å². The molecule has 1 aromatic rings. The number of hydrazine groups is 1. The maximum Gasteiger partial charge on any atom is 0.0942 e. The first-order valence-corrected chi connectivity index (χ1v) is 5.10. The minimum absolute atomic E-state index is 0.417. The van der Waals surface area contributed by atoms with Crippen LogP contribution in [0.4, 0.5) is 0 Å². The molecule has 5 heteroatoms. The van der Waals surface area contributed by atoms with Gasteiger partial charge in [0.25, 0.3) is 0 Å². The Bertz CT molecular complexity index is 348. The summed E-state index contributed by atoms with van der Waals surface area (Å²) in [7, 11) is 0. The SMILES string of the molecule is ClCN1CC(c2ccc(Cl)cc2)=NN1. The summed E-state index contributed by atoms with van der Waals surface area (Å²) in [6.07, 6.45) is 0. The van der Waals surface area contributed by atoms with E-state index in [4.69, 9.17) is 23.2 Å². The Kier molecular flexibility index (Phi) is 2.91. The van der Waals surface area contributed by atoms with E-state index in [0.29, 0.717) is 12.5 Å². The van der Waals surface area contributed by atoms with E-state index in [2.05, 4.69) is 10.6 Å². The minimum atomic E-state index is 0.417. The molecule has 0 spiro atoms. The highest BCUT2D eigenvalue weighted by Crippen LogP contribution is 2.12. The van der Waals surface area contributed by atoms with Gasteiger partial charge in [-0.3, -0.25) is 0 Å². The van der Waals surface area contributed by atoms with Crippen LogP contribution in [0.25, 0.3) is 0 Å². The molecular weight excluding hydrogens is 221 g/mol. The number of alkyl halides is 1. The molecular formula is C9H9Cl2N3. The van der Waals surface area contributed by atoms with E-state index in [1.54, 1.807) is 0 Å². The van der Waals surface area contributed by atoms with Crippen LogP contribution in [-0.4, -0.2) is 23.3 Å². The summed E-state index contributed by atoms with van der Waals surface area (Å²) < 4.78 is 0. The van der Waals surface area contributed by atoms with Crippen LogP contribution in [0.15, 0.2) is 29.4 Å². The van der Waals surface area contributed by atoms with E-state index >= 15 is 0 Å². The van der Waals surface area contributed by atoms with Crippen LogP contribution in [0.3, 0.4) is 0 Å². The van der Waals surface area contributed by atoms with Crippen LogP contribution in [0.1, 0.15) is 5.56 Å². The van der Waals surface area contributed by atoms with Crippen LogP contribution in [0.5, 0.6) is 0 Å². The molecule has 3 nitrogen and oxygen atoms in total. The quantitative estimate of drug-likeness (QED) is 0.622. The highest BCUT2D eigenvalue weighted by Gasteiger charge is 2.15. The Balaban J connectivity index is 2.13. The molecule has 0 bridgehead atoms. The van der Waals surface area contributed by atoms with Crippen LogP contribution >= 0.6 is 23.2 Å². The van der Waals surface area contributed by atoms with Crippen molar-refractivity contribution in [1.82, 2.24) is 10.5 Å². The van der Waals surface area contributed by atoms with Gasteiger partial charge in [0.2, 0.25) is 0 Å². The first-order valence-electron chi connectivity index (χ1n) is 4.18. The number of hydrogen-bond donors (Lipinski definition) is 1. The maximum absolute atomic E-state index is 5.79. The first-order chi connectivity index (χ1) is 6.79.